The summed E-state index contributed by atoms with van der Waals surface area (Å²) in [5.41, 5.74) is 35.4. The standard InChI is InChI=1S/C73H50N2.C66H46N2Si/c1-5-18-51(19-6-1)52-36-42-63(43-37-52)74-69-30-15-13-28-65(69)67-49-57(40-46-71(67)74)53-32-34-54(35-33-53)58-41-47-72-68(50-58)66-29-14-16-31-70(66)75(72)64-44-38-55(39-45-64)56-20-17-27-62(48-56)73(59-21-7-2-8-22-59,60-23-9-3-10-24-60)61-25-11-4-12-26-61;1-5-21-53(22-6-1)67-63-33-15-13-31-59(63)61-45-51(39-41-65(61)67)47-35-37-48(38-36-47)52-40-42-66-62(46-52)60-32-14-16-34-64(60)68(66)54-23-17-19-49(43-54)50-20-18-30-58(44-50)69(55-24-7-2-8-25-55,56-26-9-3-10-27-56)57-28-11-4-12-29-57/h1-50H;1-46H. The summed E-state index contributed by atoms with van der Waals surface area (Å²) in [5, 5.41) is 15.4. The summed E-state index contributed by atoms with van der Waals surface area (Å²) >= 11 is 0. The largest absolute Gasteiger partial charge is 0.309 e. The Labute approximate surface area is 838 Å². The number of benzene rings is 23. The van der Waals surface area contributed by atoms with E-state index in [1.165, 1.54) is 214 Å². The number of hydrogen-bond acceptors (Lipinski definition) is 0. The minimum atomic E-state index is -2.69. The van der Waals surface area contributed by atoms with Crippen LogP contribution in [0.4, 0.5) is 0 Å². The van der Waals surface area contributed by atoms with Gasteiger partial charge in [-0.2, -0.15) is 0 Å². The van der Waals surface area contributed by atoms with Crippen molar-refractivity contribution in [2.24, 2.45) is 0 Å². The summed E-state index contributed by atoms with van der Waals surface area (Å²) < 4.78 is 9.61. The first-order valence-electron chi connectivity index (χ1n) is 49.7. The average molecular weight is 1850 g/mol. The highest BCUT2D eigenvalue weighted by Crippen LogP contribution is 2.48. The molecule has 0 bridgehead atoms. The van der Waals surface area contributed by atoms with Crippen LogP contribution in [-0.4, -0.2) is 26.3 Å². The first kappa shape index (κ1) is 85.9. The van der Waals surface area contributed by atoms with E-state index in [-0.39, 0.29) is 0 Å². The molecule has 0 amide bonds. The summed E-state index contributed by atoms with van der Waals surface area (Å²) in [6, 6.07) is 214. The highest BCUT2D eigenvalue weighted by molar-refractivity contribution is 7.20. The van der Waals surface area contributed by atoms with E-state index in [4.69, 9.17) is 0 Å². The van der Waals surface area contributed by atoms with E-state index in [9.17, 15) is 0 Å². The van der Waals surface area contributed by atoms with E-state index < -0.39 is 13.5 Å². The molecule has 0 unspecified atom stereocenters. The molecule has 0 fully saturated rings. The van der Waals surface area contributed by atoms with Crippen LogP contribution in [0.5, 0.6) is 0 Å². The Kier molecular flexibility index (Phi) is 21.9. The van der Waals surface area contributed by atoms with E-state index in [0.29, 0.717) is 0 Å². The number of fused-ring (bicyclic) bond motifs is 12. The maximum atomic E-state index is 2.46. The molecule has 27 aromatic rings. The molecule has 676 valence electrons. The van der Waals surface area contributed by atoms with Crippen LogP contribution >= 0.6 is 0 Å². The van der Waals surface area contributed by atoms with E-state index in [1.54, 1.807) is 0 Å². The third-order valence-corrected chi connectivity index (χ3v) is 34.5. The van der Waals surface area contributed by atoms with Gasteiger partial charge in [-0.1, -0.05) is 455 Å². The molecule has 0 aliphatic heterocycles. The van der Waals surface area contributed by atoms with Crippen LogP contribution in [0, 0.1) is 0 Å². The van der Waals surface area contributed by atoms with Crippen molar-refractivity contribution in [3.8, 4) is 101 Å². The minimum absolute atomic E-state index is 0.514. The number of hydrogen-bond donors (Lipinski definition) is 0. The second-order valence-corrected chi connectivity index (χ2v) is 41.5. The van der Waals surface area contributed by atoms with Crippen molar-refractivity contribution in [3.05, 3.63) is 605 Å². The van der Waals surface area contributed by atoms with Gasteiger partial charge in [0.15, 0.2) is 8.07 Å². The fraction of sp³-hybridized carbons (Fsp3) is 0.00719. The topological polar surface area (TPSA) is 19.7 Å². The Balaban J connectivity index is 0.000000147. The molecule has 0 saturated heterocycles. The van der Waals surface area contributed by atoms with Gasteiger partial charge in [-0.25, -0.2) is 0 Å². The van der Waals surface area contributed by atoms with Gasteiger partial charge in [0.25, 0.3) is 0 Å². The number of para-hydroxylation sites is 5. The fourth-order valence-electron chi connectivity index (χ4n) is 23.1. The van der Waals surface area contributed by atoms with E-state index in [1.807, 2.05) is 0 Å². The van der Waals surface area contributed by atoms with E-state index in [2.05, 4.69) is 601 Å². The molecule has 5 heteroatoms. The molecule has 4 heterocycles. The molecule has 144 heavy (non-hydrogen) atoms. The normalized spacial score (nSPS) is 11.8. The molecule has 0 spiro atoms. The van der Waals surface area contributed by atoms with Gasteiger partial charge in [-0.3, -0.25) is 0 Å². The van der Waals surface area contributed by atoms with Gasteiger partial charge >= 0.3 is 0 Å². The van der Waals surface area contributed by atoms with Crippen LogP contribution in [0.25, 0.3) is 188 Å². The van der Waals surface area contributed by atoms with Gasteiger partial charge in [0.1, 0.15) is 0 Å². The summed E-state index contributed by atoms with van der Waals surface area (Å²) in [6.45, 7) is 0. The van der Waals surface area contributed by atoms with Crippen LogP contribution in [0.15, 0.2) is 582 Å². The summed E-state index contributed by atoms with van der Waals surface area (Å²) in [5.74, 6) is 0. The minimum Gasteiger partial charge on any atom is -0.309 e. The number of nitrogens with zero attached hydrogens (tertiary/aromatic N) is 4. The zero-order valence-corrected chi connectivity index (χ0v) is 80.2. The van der Waals surface area contributed by atoms with Crippen LogP contribution in [-0.2, 0) is 5.41 Å². The molecule has 4 nitrogen and oxygen atoms in total. The fourth-order valence-corrected chi connectivity index (χ4v) is 27.9. The Morgan fingerprint density at radius 3 is 0.681 bits per heavy atom. The molecular weight excluding hydrogens is 1750 g/mol. The van der Waals surface area contributed by atoms with E-state index >= 15 is 0 Å². The molecular formula is C139H96N4Si. The molecule has 0 radical (unpaired) electrons. The van der Waals surface area contributed by atoms with Crippen molar-refractivity contribution in [3.63, 3.8) is 0 Å². The van der Waals surface area contributed by atoms with Crippen molar-refractivity contribution >= 4 is 116 Å². The smallest absolute Gasteiger partial charge is 0.179 e. The van der Waals surface area contributed by atoms with Crippen LogP contribution < -0.4 is 20.7 Å². The maximum Gasteiger partial charge on any atom is 0.179 e. The molecule has 0 saturated carbocycles. The molecule has 4 aromatic heterocycles. The van der Waals surface area contributed by atoms with Crippen molar-refractivity contribution in [1.82, 2.24) is 18.3 Å². The first-order chi connectivity index (χ1) is 71.4. The van der Waals surface area contributed by atoms with Gasteiger partial charge < -0.3 is 18.3 Å². The van der Waals surface area contributed by atoms with Crippen molar-refractivity contribution in [1.29, 1.82) is 0 Å². The number of aromatic nitrogens is 4. The third-order valence-electron chi connectivity index (χ3n) is 29.8. The lowest BCUT2D eigenvalue weighted by Crippen LogP contribution is -2.74. The Bertz CT molecular complexity index is 9230. The van der Waals surface area contributed by atoms with E-state index in [0.717, 1.165) is 17.1 Å². The highest BCUT2D eigenvalue weighted by atomic mass is 28.3. The Hall–Kier alpha value is -18.5. The lowest BCUT2D eigenvalue weighted by Gasteiger charge is -2.37. The van der Waals surface area contributed by atoms with Gasteiger partial charge in [-0.05, 0) is 248 Å². The van der Waals surface area contributed by atoms with Gasteiger partial charge in [0.05, 0.1) is 49.5 Å². The van der Waals surface area contributed by atoms with Crippen LogP contribution in [0.1, 0.15) is 22.3 Å². The predicted octanol–water partition coefficient (Wildman–Crippen LogP) is 33.2. The van der Waals surface area contributed by atoms with Gasteiger partial charge in [0, 0.05) is 65.8 Å². The Morgan fingerprint density at radius 1 is 0.118 bits per heavy atom. The lowest BCUT2D eigenvalue weighted by atomic mass is 9.65. The lowest BCUT2D eigenvalue weighted by molar-refractivity contribution is 0.745. The summed E-state index contributed by atoms with van der Waals surface area (Å²) in [6.07, 6.45) is 0. The highest BCUT2D eigenvalue weighted by Gasteiger charge is 2.42. The zero-order valence-electron chi connectivity index (χ0n) is 79.2. The summed E-state index contributed by atoms with van der Waals surface area (Å²) in [7, 11) is -2.69. The third kappa shape index (κ3) is 15.0. The molecule has 0 aliphatic carbocycles. The number of rotatable bonds is 19. The van der Waals surface area contributed by atoms with Crippen LogP contribution in [0.2, 0.25) is 0 Å². The van der Waals surface area contributed by atoms with Gasteiger partial charge in [0.2, 0.25) is 0 Å². The molecule has 27 rings (SSSR count). The Morgan fingerprint density at radius 2 is 0.326 bits per heavy atom. The van der Waals surface area contributed by atoms with Gasteiger partial charge in [-0.15, -0.1) is 0 Å². The molecule has 0 atom stereocenters. The molecule has 0 N–H and O–H groups in total. The maximum absolute atomic E-state index is 2.69. The second-order valence-electron chi connectivity index (χ2n) is 37.7. The predicted molar refractivity (Wildman–Crippen MR) is 610 cm³/mol. The second kappa shape index (κ2) is 36.7. The van der Waals surface area contributed by atoms with Crippen molar-refractivity contribution < 1.29 is 0 Å². The van der Waals surface area contributed by atoms with Crippen molar-refractivity contribution in [2.45, 2.75) is 5.41 Å². The average Bonchev–Trinajstić information content (AvgIpc) is 1.64. The monoisotopic (exact) mass is 1850 g/mol. The SMILES string of the molecule is c1ccc(-c2ccc(-n3c4ccccc4c4cc(-c5ccc(-c6ccc7c(c6)c6ccccc6n7-c6ccc(-c7cccc(C(c8ccccc8)(c8ccccc8)c8ccccc8)c7)cc6)cc5)ccc43)cc2)cc1.c1ccc(-n2c3ccccc3c3cc(-c4ccc(-c5ccc6c(c5)c5ccccc5n6-c5cccc(-c6cccc([Si](c7ccccc7)(c7ccccc7)c7ccccc7)c6)c5)cc4)ccc32)cc1. The van der Waals surface area contributed by atoms with Crippen molar-refractivity contribution in [2.75, 3.05) is 0 Å². The summed E-state index contributed by atoms with van der Waals surface area (Å²) in [4.78, 5) is 0. The van der Waals surface area contributed by atoms with Crippen LogP contribution in [0.3, 0.4) is 0 Å². The zero-order chi connectivity index (χ0) is 95.4. The molecule has 0 aliphatic rings. The first-order valence-corrected chi connectivity index (χ1v) is 51.7. The quantitative estimate of drug-likeness (QED) is 0.0568. The molecule has 23 aromatic carbocycles.